The number of rotatable bonds is 6. The molecular formula is C12H20N4O3S. The molecule has 0 heterocycles. The molecule has 0 atom stereocenters. The summed E-state index contributed by atoms with van der Waals surface area (Å²) in [5, 5.41) is 7.54. The third-order valence-corrected chi connectivity index (χ3v) is 3.50. The van der Waals surface area contributed by atoms with E-state index in [1.165, 1.54) is 0 Å². The maximum Gasteiger partial charge on any atom is 0.253 e. The summed E-state index contributed by atoms with van der Waals surface area (Å²) in [5.74, 6) is -0.458. The SMILES string of the molecule is CN(C)c1ccc(N)cc1C(=O)NCCCS(N)(=O)=O. The summed E-state index contributed by atoms with van der Waals surface area (Å²) in [6.07, 6.45) is 0.268. The number of sulfonamides is 1. The molecule has 1 aromatic rings. The summed E-state index contributed by atoms with van der Waals surface area (Å²) in [6.45, 7) is 0.233. The van der Waals surface area contributed by atoms with E-state index in [-0.39, 0.29) is 24.6 Å². The van der Waals surface area contributed by atoms with Crippen LogP contribution >= 0.6 is 0 Å². The number of anilines is 2. The third-order valence-electron chi connectivity index (χ3n) is 2.64. The van der Waals surface area contributed by atoms with Gasteiger partial charge in [-0.05, 0) is 24.6 Å². The van der Waals surface area contributed by atoms with Crippen LogP contribution < -0.4 is 21.1 Å². The lowest BCUT2D eigenvalue weighted by Crippen LogP contribution is -2.28. The maximum absolute atomic E-state index is 12.1. The average molecular weight is 300 g/mol. The van der Waals surface area contributed by atoms with Gasteiger partial charge >= 0.3 is 0 Å². The number of nitrogens with zero attached hydrogens (tertiary/aromatic N) is 1. The van der Waals surface area contributed by atoms with E-state index in [4.69, 9.17) is 10.9 Å². The van der Waals surface area contributed by atoms with Crippen molar-refractivity contribution in [2.75, 3.05) is 37.0 Å². The number of carbonyl (C=O) groups is 1. The van der Waals surface area contributed by atoms with Crippen molar-refractivity contribution in [2.24, 2.45) is 5.14 Å². The van der Waals surface area contributed by atoms with Crippen LogP contribution in [0.4, 0.5) is 11.4 Å². The Kier molecular flexibility index (Phi) is 5.34. The van der Waals surface area contributed by atoms with Crippen LogP contribution in [0.3, 0.4) is 0 Å². The zero-order valence-corrected chi connectivity index (χ0v) is 12.4. The Balaban J connectivity index is 2.70. The number of nitrogens with one attached hydrogen (secondary N) is 1. The van der Waals surface area contributed by atoms with Gasteiger partial charge in [0.2, 0.25) is 10.0 Å². The van der Waals surface area contributed by atoms with Gasteiger partial charge in [-0.3, -0.25) is 4.79 Å². The largest absolute Gasteiger partial charge is 0.399 e. The van der Waals surface area contributed by atoms with Gasteiger partial charge in [-0.15, -0.1) is 0 Å². The van der Waals surface area contributed by atoms with Gasteiger partial charge in [0.1, 0.15) is 0 Å². The zero-order valence-electron chi connectivity index (χ0n) is 11.6. The Bertz CT molecular complexity index is 584. The normalized spacial score (nSPS) is 11.2. The van der Waals surface area contributed by atoms with E-state index < -0.39 is 10.0 Å². The van der Waals surface area contributed by atoms with Crippen LogP contribution in [0.15, 0.2) is 18.2 Å². The molecule has 1 rings (SSSR count). The molecule has 0 bridgehead atoms. The summed E-state index contributed by atoms with van der Waals surface area (Å²) in [5.41, 5.74) is 7.36. The number of nitrogens with two attached hydrogens (primary N) is 2. The fourth-order valence-electron chi connectivity index (χ4n) is 1.70. The van der Waals surface area contributed by atoms with Crippen LogP contribution in [0.25, 0.3) is 0 Å². The van der Waals surface area contributed by atoms with Crippen LogP contribution in [-0.2, 0) is 10.0 Å². The van der Waals surface area contributed by atoms with Gasteiger partial charge in [0, 0.05) is 32.0 Å². The summed E-state index contributed by atoms with van der Waals surface area (Å²) in [4.78, 5) is 13.9. The number of benzene rings is 1. The Morgan fingerprint density at radius 1 is 1.35 bits per heavy atom. The van der Waals surface area contributed by atoms with Gasteiger partial charge < -0.3 is 16.0 Å². The van der Waals surface area contributed by atoms with Crippen molar-refractivity contribution in [3.63, 3.8) is 0 Å². The van der Waals surface area contributed by atoms with E-state index in [0.717, 1.165) is 5.69 Å². The summed E-state index contributed by atoms with van der Waals surface area (Å²) in [7, 11) is 0.151. The number of carbonyl (C=O) groups excluding carboxylic acids is 1. The predicted molar refractivity (Wildman–Crippen MR) is 80.1 cm³/mol. The van der Waals surface area contributed by atoms with Gasteiger partial charge in [0.25, 0.3) is 5.91 Å². The van der Waals surface area contributed by atoms with Crippen LogP contribution in [-0.4, -0.2) is 40.7 Å². The van der Waals surface area contributed by atoms with E-state index >= 15 is 0 Å². The molecule has 5 N–H and O–H groups in total. The topological polar surface area (TPSA) is 119 Å². The minimum absolute atomic E-state index is 0.162. The molecule has 0 fully saturated rings. The molecule has 0 aliphatic heterocycles. The minimum atomic E-state index is -3.49. The Hall–Kier alpha value is -1.80. The summed E-state index contributed by atoms with van der Waals surface area (Å²) >= 11 is 0. The van der Waals surface area contributed by atoms with Crippen LogP contribution in [0.5, 0.6) is 0 Å². The predicted octanol–water partition coefficient (Wildman–Crippen LogP) is -0.257. The van der Waals surface area contributed by atoms with Gasteiger partial charge in [0.05, 0.1) is 11.3 Å². The first kappa shape index (κ1) is 16.3. The first-order valence-electron chi connectivity index (χ1n) is 6.06. The maximum atomic E-state index is 12.1. The molecule has 20 heavy (non-hydrogen) atoms. The molecule has 0 aliphatic rings. The standard InChI is InChI=1S/C12H20N4O3S/c1-16(2)11-5-4-9(13)8-10(11)12(17)15-6-3-7-20(14,18)19/h4-5,8H,3,6-7,13H2,1-2H3,(H,15,17)(H2,14,18,19). The molecule has 1 aromatic carbocycles. The highest BCUT2D eigenvalue weighted by Gasteiger charge is 2.13. The van der Waals surface area contributed by atoms with Crippen molar-refractivity contribution in [1.29, 1.82) is 0 Å². The Morgan fingerprint density at radius 2 is 2.00 bits per heavy atom. The lowest BCUT2D eigenvalue weighted by molar-refractivity contribution is 0.0954. The first-order chi connectivity index (χ1) is 9.20. The van der Waals surface area contributed by atoms with Crippen molar-refractivity contribution in [3.05, 3.63) is 23.8 Å². The third kappa shape index (κ3) is 5.06. The molecular weight excluding hydrogens is 280 g/mol. The van der Waals surface area contributed by atoms with Gasteiger partial charge in [-0.1, -0.05) is 0 Å². The molecule has 0 saturated heterocycles. The second-order valence-electron chi connectivity index (χ2n) is 4.65. The highest BCUT2D eigenvalue weighted by molar-refractivity contribution is 7.89. The lowest BCUT2D eigenvalue weighted by atomic mass is 10.1. The van der Waals surface area contributed by atoms with Crippen molar-refractivity contribution in [1.82, 2.24) is 5.32 Å². The van der Waals surface area contributed by atoms with Crippen molar-refractivity contribution < 1.29 is 13.2 Å². The lowest BCUT2D eigenvalue weighted by Gasteiger charge is -2.17. The monoisotopic (exact) mass is 300 g/mol. The molecule has 0 radical (unpaired) electrons. The zero-order chi connectivity index (χ0) is 15.3. The number of hydrogen-bond donors (Lipinski definition) is 3. The minimum Gasteiger partial charge on any atom is -0.399 e. The van der Waals surface area contributed by atoms with Crippen LogP contribution in [0.2, 0.25) is 0 Å². The highest BCUT2D eigenvalue weighted by Crippen LogP contribution is 2.21. The number of nitrogen functional groups attached to an aromatic ring is 1. The molecule has 0 saturated carbocycles. The smallest absolute Gasteiger partial charge is 0.253 e. The molecule has 0 spiro atoms. The van der Waals surface area contributed by atoms with E-state index in [1.54, 1.807) is 23.1 Å². The summed E-state index contributed by atoms with van der Waals surface area (Å²) < 4.78 is 21.6. The van der Waals surface area contributed by atoms with Gasteiger partial charge in [-0.2, -0.15) is 0 Å². The average Bonchev–Trinajstić information content (AvgIpc) is 2.32. The molecule has 8 heteroatoms. The number of amides is 1. The van der Waals surface area contributed by atoms with Gasteiger partial charge in [-0.25, -0.2) is 13.6 Å². The number of hydrogen-bond acceptors (Lipinski definition) is 5. The summed E-state index contributed by atoms with van der Waals surface area (Å²) in [6, 6.07) is 5.06. The Morgan fingerprint density at radius 3 is 2.55 bits per heavy atom. The van der Waals surface area contributed by atoms with Crippen molar-refractivity contribution in [2.45, 2.75) is 6.42 Å². The number of primary sulfonamides is 1. The van der Waals surface area contributed by atoms with Crippen molar-refractivity contribution in [3.8, 4) is 0 Å². The second-order valence-corrected chi connectivity index (χ2v) is 6.38. The van der Waals surface area contributed by atoms with E-state index in [1.807, 2.05) is 14.1 Å². The molecule has 0 aliphatic carbocycles. The van der Waals surface area contributed by atoms with Crippen LogP contribution in [0.1, 0.15) is 16.8 Å². The van der Waals surface area contributed by atoms with Crippen molar-refractivity contribution >= 4 is 27.3 Å². The fourth-order valence-corrected chi connectivity index (χ4v) is 2.24. The van der Waals surface area contributed by atoms with E-state index in [2.05, 4.69) is 5.32 Å². The van der Waals surface area contributed by atoms with E-state index in [9.17, 15) is 13.2 Å². The van der Waals surface area contributed by atoms with Crippen LogP contribution in [0, 0.1) is 0 Å². The second kappa shape index (κ2) is 6.58. The first-order valence-corrected chi connectivity index (χ1v) is 7.78. The Labute approximate surface area is 119 Å². The van der Waals surface area contributed by atoms with E-state index in [0.29, 0.717) is 11.3 Å². The molecule has 7 nitrogen and oxygen atoms in total. The highest BCUT2D eigenvalue weighted by atomic mass is 32.2. The molecule has 0 aromatic heterocycles. The quantitative estimate of drug-likeness (QED) is 0.494. The molecule has 1 amide bonds. The fraction of sp³-hybridized carbons (Fsp3) is 0.417. The molecule has 0 unspecified atom stereocenters. The molecule has 112 valence electrons. The van der Waals surface area contributed by atoms with Gasteiger partial charge in [0.15, 0.2) is 0 Å².